The summed E-state index contributed by atoms with van der Waals surface area (Å²) in [6.45, 7) is 6.13. The maximum atomic E-state index is 14.6. The highest BCUT2D eigenvalue weighted by molar-refractivity contribution is 5.94. The molecular weight excluding hydrogens is 399 g/mol. The van der Waals surface area contributed by atoms with Crippen LogP contribution in [0.3, 0.4) is 0 Å². The summed E-state index contributed by atoms with van der Waals surface area (Å²) < 4.78 is 16.0. The number of aromatic nitrogens is 2. The zero-order valence-electron chi connectivity index (χ0n) is 18.1. The van der Waals surface area contributed by atoms with Crippen LogP contribution < -0.4 is 11.2 Å². The molecule has 1 N–H and O–H groups in total. The van der Waals surface area contributed by atoms with E-state index in [1.54, 1.807) is 11.0 Å². The maximum Gasteiger partial charge on any atom is 0.328 e. The van der Waals surface area contributed by atoms with Gasteiger partial charge in [-0.15, -0.1) is 0 Å². The smallest absolute Gasteiger partial charge is 0.328 e. The van der Waals surface area contributed by atoms with Crippen LogP contribution in [-0.4, -0.2) is 57.0 Å². The zero-order chi connectivity index (χ0) is 22.1. The number of rotatable bonds is 6. The highest BCUT2D eigenvalue weighted by atomic mass is 19.1. The number of hydrogen-bond acceptors (Lipinski definition) is 4. The van der Waals surface area contributed by atoms with E-state index in [1.165, 1.54) is 35.7 Å². The van der Waals surface area contributed by atoms with Crippen molar-refractivity contribution in [1.29, 1.82) is 0 Å². The maximum absolute atomic E-state index is 14.6. The van der Waals surface area contributed by atoms with Crippen molar-refractivity contribution < 1.29 is 9.18 Å². The summed E-state index contributed by atoms with van der Waals surface area (Å²) in [4.78, 5) is 43.6. The molecule has 7 nitrogen and oxygen atoms in total. The first kappa shape index (κ1) is 21.5. The van der Waals surface area contributed by atoms with Gasteiger partial charge in [0, 0.05) is 43.5 Å². The standard InChI is InChI=1S/C23H29FN4O3/c1-3-16-13-27(23(31)25-21(16)29)12-15-5-8-20(24)19(11-15)22(30)26-9-10-28(18-6-7-18)17(4-2)14-26/h5,8,11,13,17-18H,3-4,6-7,9-10,12,14H2,1-2H3,(H,25,29,31)/t17-/m1/s1. The van der Waals surface area contributed by atoms with E-state index in [9.17, 15) is 18.8 Å². The van der Waals surface area contributed by atoms with E-state index >= 15 is 0 Å². The van der Waals surface area contributed by atoms with Crippen molar-refractivity contribution in [2.45, 2.75) is 58.2 Å². The van der Waals surface area contributed by atoms with Gasteiger partial charge in [0.1, 0.15) is 5.82 Å². The van der Waals surface area contributed by atoms with E-state index in [0.29, 0.717) is 42.7 Å². The third-order valence-electron chi connectivity index (χ3n) is 6.38. The summed E-state index contributed by atoms with van der Waals surface area (Å²) in [5.74, 6) is -0.870. The number of halogens is 1. The Morgan fingerprint density at radius 2 is 1.97 bits per heavy atom. The molecule has 1 aromatic heterocycles. The molecule has 1 atom stereocenters. The van der Waals surface area contributed by atoms with Gasteiger partial charge in [0.2, 0.25) is 0 Å². The highest BCUT2D eigenvalue weighted by Gasteiger charge is 2.38. The summed E-state index contributed by atoms with van der Waals surface area (Å²) >= 11 is 0. The molecular formula is C23H29FN4O3. The Balaban J connectivity index is 1.55. The van der Waals surface area contributed by atoms with Gasteiger partial charge in [0.25, 0.3) is 11.5 Å². The van der Waals surface area contributed by atoms with Gasteiger partial charge in [-0.3, -0.25) is 24.0 Å². The van der Waals surface area contributed by atoms with E-state index in [0.717, 1.165) is 13.0 Å². The summed E-state index contributed by atoms with van der Waals surface area (Å²) in [5.41, 5.74) is 0.234. The Labute approximate surface area is 180 Å². The molecule has 2 aromatic rings. The molecule has 1 aromatic carbocycles. The Morgan fingerprint density at radius 3 is 2.65 bits per heavy atom. The first-order valence-electron chi connectivity index (χ1n) is 11.1. The second kappa shape index (κ2) is 8.78. The molecule has 0 bridgehead atoms. The van der Waals surface area contributed by atoms with E-state index in [4.69, 9.17) is 0 Å². The highest BCUT2D eigenvalue weighted by Crippen LogP contribution is 2.31. The van der Waals surface area contributed by atoms with Crippen molar-refractivity contribution in [3.63, 3.8) is 0 Å². The predicted octanol–water partition coefficient (Wildman–Crippen LogP) is 1.99. The van der Waals surface area contributed by atoms with Gasteiger partial charge in [0.05, 0.1) is 12.1 Å². The topological polar surface area (TPSA) is 78.4 Å². The van der Waals surface area contributed by atoms with Crippen LogP contribution in [0, 0.1) is 5.82 Å². The summed E-state index contributed by atoms with van der Waals surface area (Å²) in [5, 5.41) is 0. The van der Waals surface area contributed by atoms with Gasteiger partial charge in [-0.05, 0) is 43.4 Å². The first-order valence-corrected chi connectivity index (χ1v) is 11.1. The van der Waals surface area contributed by atoms with Gasteiger partial charge >= 0.3 is 5.69 Å². The van der Waals surface area contributed by atoms with Crippen LogP contribution in [0.4, 0.5) is 4.39 Å². The molecule has 2 heterocycles. The number of nitrogens with zero attached hydrogens (tertiary/aromatic N) is 3. The largest absolute Gasteiger partial charge is 0.336 e. The first-order chi connectivity index (χ1) is 14.9. The van der Waals surface area contributed by atoms with Crippen LogP contribution in [0.5, 0.6) is 0 Å². The summed E-state index contributed by atoms with van der Waals surface area (Å²) in [7, 11) is 0. The number of piperazine rings is 1. The number of hydrogen-bond donors (Lipinski definition) is 1. The molecule has 1 saturated heterocycles. The molecule has 1 aliphatic carbocycles. The second-order valence-electron chi connectivity index (χ2n) is 8.49. The van der Waals surface area contributed by atoms with Crippen LogP contribution in [-0.2, 0) is 13.0 Å². The Hall–Kier alpha value is -2.74. The van der Waals surface area contributed by atoms with Crippen molar-refractivity contribution >= 4 is 5.91 Å². The van der Waals surface area contributed by atoms with Gasteiger partial charge in [-0.2, -0.15) is 0 Å². The Kier molecular flexibility index (Phi) is 6.09. The molecule has 31 heavy (non-hydrogen) atoms. The minimum Gasteiger partial charge on any atom is -0.336 e. The molecule has 0 radical (unpaired) electrons. The normalized spacial score (nSPS) is 19.6. The quantitative estimate of drug-likeness (QED) is 0.763. The predicted molar refractivity (Wildman–Crippen MR) is 116 cm³/mol. The molecule has 2 fully saturated rings. The molecule has 1 amide bonds. The van der Waals surface area contributed by atoms with E-state index in [1.807, 2.05) is 6.92 Å². The Bertz CT molecular complexity index is 1090. The molecule has 8 heteroatoms. The monoisotopic (exact) mass is 428 g/mol. The van der Waals surface area contributed by atoms with Gasteiger partial charge in [0.15, 0.2) is 0 Å². The fraction of sp³-hybridized carbons (Fsp3) is 0.522. The number of amides is 1. The molecule has 1 aliphatic heterocycles. The van der Waals surface area contributed by atoms with Gasteiger partial charge in [-0.25, -0.2) is 9.18 Å². The van der Waals surface area contributed by atoms with Crippen molar-refractivity contribution in [3.8, 4) is 0 Å². The van der Waals surface area contributed by atoms with Crippen molar-refractivity contribution in [2.75, 3.05) is 19.6 Å². The van der Waals surface area contributed by atoms with Crippen molar-refractivity contribution in [3.05, 3.63) is 67.7 Å². The number of H-pyrrole nitrogens is 1. The van der Waals surface area contributed by atoms with E-state index in [2.05, 4.69) is 16.8 Å². The van der Waals surface area contributed by atoms with Crippen LogP contribution in [0.25, 0.3) is 0 Å². The summed E-state index contributed by atoms with van der Waals surface area (Å²) in [6, 6.07) is 5.32. The lowest BCUT2D eigenvalue weighted by molar-refractivity contribution is 0.0445. The number of carbonyl (C=O) groups excluding carboxylic acids is 1. The molecule has 4 rings (SSSR count). The van der Waals surface area contributed by atoms with Crippen LogP contribution in [0.1, 0.15) is 54.6 Å². The van der Waals surface area contributed by atoms with Crippen LogP contribution in [0.2, 0.25) is 0 Å². The number of aryl methyl sites for hydroxylation is 1. The fourth-order valence-corrected chi connectivity index (χ4v) is 4.43. The third kappa shape index (κ3) is 4.49. The van der Waals surface area contributed by atoms with Crippen LogP contribution in [0.15, 0.2) is 34.0 Å². The van der Waals surface area contributed by atoms with E-state index < -0.39 is 17.1 Å². The SMILES string of the molecule is CCc1cn(Cc2ccc(F)c(C(=O)N3CCN(C4CC4)[C@H](CC)C3)c2)c(=O)[nH]c1=O. The van der Waals surface area contributed by atoms with Gasteiger partial charge < -0.3 is 4.90 Å². The van der Waals surface area contributed by atoms with E-state index in [-0.39, 0.29) is 18.0 Å². The lowest BCUT2D eigenvalue weighted by atomic mass is 10.1. The number of nitrogens with one attached hydrogen (secondary N) is 1. The summed E-state index contributed by atoms with van der Waals surface area (Å²) in [6.07, 6.45) is 5.43. The third-order valence-corrected chi connectivity index (χ3v) is 6.38. The lowest BCUT2D eigenvalue weighted by Gasteiger charge is -2.41. The molecule has 1 saturated carbocycles. The Morgan fingerprint density at radius 1 is 1.19 bits per heavy atom. The van der Waals surface area contributed by atoms with Crippen molar-refractivity contribution in [2.24, 2.45) is 0 Å². The van der Waals surface area contributed by atoms with Gasteiger partial charge in [-0.1, -0.05) is 19.9 Å². The second-order valence-corrected chi connectivity index (χ2v) is 8.49. The van der Waals surface area contributed by atoms with Crippen LogP contribution >= 0.6 is 0 Å². The number of aromatic amines is 1. The minimum atomic E-state index is -0.561. The molecule has 0 unspecified atom stereocenters. The molecule has 166 valence electrons. The lowest BCUT2D eigenvalue weighted by Crippen LogP contribution is -2.55. The molecule has 2 aliphatic rings. The number of carbonyl (C=O) groups is 1. The van der Waals surface area contributed by atoms with Crippen molar-refractivity contribution in [1.82, 2.24) is 19.4 Å². The fourth-order valence-electron chi connectivity index (χ4n) is 4.43. The molecule has 0 spiro atoms. The average Bonchev–Trinajstić information content (AvgIpc) is 3.61. The minimum absolute atomic E-state index is 0.0282. The zero-order valence-corrected chi connectivity index (χ0v) is 18.1. The number of benzene rings is 1. The average molecular weight is 429 g/mol.